The van der Waals surface area contributed by atoms with Crippen LogP contribution in [0.2, 0.25) is 0 Å². The summed E-state index contributed by atoms with van der Waals surface area (Å²) in [6.45, 7) is 1.01. The summed E-state index contributed by atoms with van der Waals surface area (Å²) in [5, 5.41) is 7.13. The molecule has 1 saturated heterocycles. The largest absolute Gasteiger partial charge is 0.457 e. The van der Waals surface area contributed by atoms with Crippen molar-refractivity contribution in [3.8, 4) is 11.5 Å². The van der Waals surface area contributed by atoms with Crippen LogP contribution in [0, 0.1) is 0 Å². The molecular weight excluding hydrogens is 498 g/mol. The van der Waals surface area contributed by atoms with Crippen molar-refractivity contribution in [3.63, 3.8) is 0 Å². The van der Waals surface area contributed by atoms with Gasteiger partial charge >= 0.3 is 0 Å². The van der Waals surface area contributed by atoms with Gasteiger partial charge in [0.25, 0.3) is 5.91 Å². The van der Waals surface area contributed by atoms with E-state index in [1.54, 1.807) is 35.9 Å². The number of nitrogens with zero attached hydrogens (tertiary/aromatic N) is 4. The van der Waals surface area contributed by atoms with E-state index in [-0.39, 0.29) is 43.3 Å². The Hall–Kier alpha value is -4.18. The molecule has 4 bridgehead atoms. The lowest BCUT2D eigenvalue weighted by atomic mass is 10.0. The number of amides is 3. The van der Waals surface area contributed by atoms with Crippen molar-refractivity contribution in [3.05, 3.63) is 77.6 Å². The summed E-state index contributed by atoms with van der Waals surface area (Å²) >= 11 is 0. The van der Waals surface area contributed by atoms with Crippen molar-refractivity contribution >= 4 is 17.7 Å². The molecule has 1 fully saturated rings. The quantitative estimate of drug-likeness (QED) is 0.517. The summed E-state index contributed by atoms with van der Waals surface area (Å²) in [5.74, 6) is 0.805. The molecule has 0 radical (unpaired) electrons. The van der Waals surface area contributed by atoms with E-state index in [2.05, 4.69) is 10.4 Å². The average molecular weight is 532 g/mol. The van der Waals surface area contributed by atoms with Gasteiger partial charge in [-0.2, -0.15) is 5.10 Å². The van der Waals surface area contributed by atoms with Crippen molar-refractivity contribution < 1.29 is 23.9 Å². The molecule has 2 aliphatic heterocycles. The number of piperidine rings is 1. The van der Waals surface area contributed by atoms with Crippen LogP contribution in [0.25, 0.3) is 0 Å². The van der Waals surface area contributed by atoms with Crippen LogP contribution in [0.15, 0.2) is 60.8 Å². The van der Waals surface area contributed by atoms with Gasteiger partial charge in [0.2, 0.25) is 11.8 Å². The molecule has 2 aromatic carbocycles. The van der Waals surface area contributed by atoms with E-state index in [1.165, 1.54) is 4.90 Å². The Morgan fingerprint density at radius 2 is 1.74 bits per heavy atom. The van der Waals surface area contributed by atoms with Gasteiger partial charge in [0.1, 0.15) is 17.2 Å². The molecule has 204 valence electrons. The van der Waals surface area contributed by atoms with Crippen molar-refractivity contribution in [1.29, 1.82) is 0 Å². The van der Waals surface area contributed by atoms with E-state index in [0.717, 1.165) is 11.1 Å². The molecule has 39 heavy (non-hydrogen) atoms. The van der Waals surface area contributed by atoms with Gasteiger partial charge in [0, 0.05) is 39.8 Å². The monoisotopic (exact) mass is 531 g/mol. The number of likely N-dealkylation sites (N-methyl/N-ethyl adjacent to an activating group) is 1. The Bertz CT molecular complexity index is 1360. The van der Waals surface area contributed by atoms with Crippen LogP contribution in [0.4, 0.5) is 0 Å². The number of carbonyl (C=O) groups excluding carboxylic acids is 3. The number of benzene rings is 2. The molecule has 3 aromatic rings. The molecule has 3 heterocycles. The molecule has 0 aliphatic carbocycles. The fourth-order valence-corrected chi connectivity index (χ4v) is 5.00. The zero-order chi connectivity index (χ0) is 27.4. The van der Waals surface area contributed by atoms with Gasteiger partial charge in [-0.05, 0) is 54.3 Å². The first-order valence-electron chi connectivity index (χ1n) is 13.1. The van der Waals surface area contributed by atoms with E-state index in [4.69, 9.17) is 9.47 Å². The minimum Gasteiger partial charge on any atom is -0.457 e. The van der Waals surface area contributed by atoms with Crippen molar-refractivity contribution in [1.82, 2.24) is 24.9 Å². The van der Waals surface area contributed by atoms with Gasteiger partial charge in [-0.3, -0.25) is 19.1 Å². The minimum atomic E-state index is -0.440. The lowest BCUT2D eigenvalue weighted by Gasteiger charge is -2.39. The molecule has 2 aliphatic rings. The number of aromatic nitrogens is 2. The molecule has 1 aromatic heterocycles. The summed E-state index contributed by atoms with van der Waals surface area (Å²) in [5.41, 5.74) is 2.39. The molecule has 0 spiro atoms. The second kappa shape index (κ2) is 11.7. The van der Waals surface area contributed by atoms with Gasteiger partial charge in [-0.1, -0.05) is 24.3 Å². The van der Waals surface area contributed by atoms with Gasteiger partial charge < -0.3 is 24.6 Å². The summed E-state index contributed by atoms with van der Waals surface area (Å²) in [6.07, 6.45) is 2.62. The highest BCUT2D eigenvalue weighted by molar-refractivity contribution is 5.92. The molecule has 10 heteroatoms. The highest BCUT2D eigenvalue weighted by atomic mass is 16.5. The van der Waals surface area contributed by atoms with Crippen molar-refractivity contribution in [2.24, 2.45) is 7.05 Å². The van der Waals surface area contributed by atoms with Crippen LogP contribution in [0.1, 0.15) is 34.5 Å². The van der Waals surface area contributed by atoms with Crippen LogP contribution in [-0.4, -0.2) is 76.1 Å². The Labute approximate surface area is 227 Å². The fourth-order valence-electron chi connectivity index (χ4n) is 5.00. The van der Waals surface area contributed by atoms with Crippen LogP contribution in [0.5, 0.6) is 11.5 Å². The third kappa shape index (κ3) is 6.46. The number of rotatable bonds is 1. The lowest BCUT2D eigenvalue weighted by Crippen LogP contribution is -2.58. The van der Waals surface area contributed by atoms with Crippen LogP contribution in [-0.2, 0) is 34.4 Å². The minimum absolute atomic E-state index is 0.0804. The predicted molar refractivity (Wildman–Crippen MR) is 143 cm³/mol. The summed E-state index contributed by atoms with van der Waals surface area (Å²) in [4.78, 5) is 42.1. The Morgan fingerprint density at radius 3 is 2.49 bits per heavy atom. The predicted octanol–water partition coefficient (Wildman–Crippen LogP) is 2.53. The number of likely N-dealkylation sites (tertiary alicyclic amines) is 1. The van der Waals surface area contributed by atoms with E-state index in [1.807, 2.05) is 48.5 Å². The third-order valence-electron chi connectivity index (χ3n) is 7.15. The number of ether oxygens (including phenoxy) is 2. The zero-order valence-electron chi connectivity index (χ0n) is 22.2. The number of nitrogens with one attached hydrogen (secondary N) is 1. The standard InChI is InChI=1S/C29H33N5O5/c1-32-18-27(35)31-24-17-34(29(37)25-11-13-30-33(25)2)14-12-26(24)38-19-21-6-4-8-23(16-21)39-22-7-3-5-20(15-22)9-10-28(32)36/h3-8,11,13,15-16,24,26H,9-10,12,14,17-19H2,1-2H3,(H,31,35)/t24-,26+/m0/s1. The lowest BCUT2D eigenvalue weighted by molar-refractivity contribution is -0.135. The number of hydrogen-bond donors (Lipinski definition) is 1. The second-order valence-corrected chi connectivity index (χ2v) is 10.1. The summed E-state index contributed by atoms with van der Waals surface area (Å²) < 4.78 is 13.9. The number of carbonyl (C=O) groups is 3. The topological polar surface area (TPSA) is 106 Å². The number of hydrogen-bond acceptors (Lipinski definition) is 6. The smallest absolute Gasteiger partial charge is 0.272 e. The Morgan fingerprint density at radius 1 is 1.00 bits per heavy atom. The molecule has 1 N–H and O–H groups in total. The van der Waals surface area contributed by atoms with Crippen LogP contribution in [0.3, 0.4) is 0 Å². The highest BCUT2D eigenvalue weighted by Crippen LogP contribution is 2.25. The van der Waals surface area contributed by atoms with Crippen LogP contribution >= 0.6 is 0 Å². The van der Waals surface area contributed by atoms with Crippen LogP contribution < -0.4 is 10.1 Å². The molecule has 3 amide bonds. The molecular formula is C29H33N5O5. The first-order valence-corrected chi connectivity index (χ1v) is 13.1. The number of fused-ring (bicyclic) bond motifs is 5. The SMILES string of the molecule is CN1CC(=O)N[C@H]2CN(C(=O)c3ccnn3C)CC[C@H]2OCc2cccc(c2)Oc2cccc(c2)CCC1=O. The maximum atomic E-state index is 13.2. The molecule has 5 rings (SSSR count). The number of aryl methyl sites for hydroxylation is 2. The normalized spacial score (nSPS) is 20.8. The molecule has 0 unspecified atom stereocenters. The Balaban J connectivity index is 1.37. The fraction of sp³-hybridized carbons (Fsp3) is 0.379. The second-order valence-electron chi connectivity index (χ2n) is 10.1. The summed E-state index contributed by atoms with van der Waals surface area (Å²) in [6, 6.07) is 16.6. The van der Waals surface area contributed by atoms with E-state index in [0.29, 0.717) is 43.2 Å². The van der Waals surface area contributed by atoms with E-state index < -0.39 is 6.04 Å². The zero-order valence-corrected chi connectivity index (χ0v) is 22.2. The Kier molecular flexibility index (Phi) is 7.92. The maximum absolute atomic E-state index is 13.2. The van der Waals surface area contributed by atoms with Crippen molar-refractivity contribution in [2.45, 2.75) is 38.0 Å². The van der Waals surface area contributed by atoms with E-state index >= 15 is 0 Å². The van der Waals surface area contributed by atoms with Gasteiger partial charge in [0.15, 0.2) is 0 Å². The maximum Gasteiger partial charge on any atom is 0.272 e. The highest BCUT2D eigenvalue weighted by Gasteiger charge is 2.34. The first kappa shape index (κ1) is 26.4. The van der Waals surface area contributed by atoms with Gasteiger partial charge in [0.05, 0.1) is 25.3 Å². The van der Waals surface area contributed by atoms with Crippen molar-refractivity contribution in [2.75, 3.05) is 26.7 Å². The van der Waals surface area contributed by atoms with Gasteiger partial charge in [-0.15, -0.1) is 0 Å². The van der Waals surface area contributed by atoms with E-state index in [9.17, 15) is 14.4 Å². The molecule has 10 nitrogen and oxygen atoms in total. The molecule has 0 saturated carbocycles. The van der Waals surface area contributed by atoms with Gasteiger partial charge in [-0.25, -0.2) is 0 Å². The third-order valence-corrected chi connectivity index (χ3v) is 7.15. The first-order chi connectivity index (χ1) is 18.9. The average Bonchev–Trinajstić information content (AvgIpc) is 3.36. The summed E-state index contributed by atoms with van der Waals surface area (Å²) in [7, 11) is 3.35. The molecule has 2 atom stereocenters.